The van der Waals surface area contributed by atoms with E-state index in [0.29, 0.717) is 18.4 Å². The molecule has 1 aliphatic carbocycles. The summed E-state index contributed by atoms with van der Waals surface area (Å²) in [5, 5.41) is 25.1. The zero-order valence-corrected chi connectivity index (χ0v) is 27.4. The Hall–Kier alpha value is -3.48. The standard InChI is InChI=1S/C31H41BrN6O6/c1-17-18(2)25-23(14-21(17)32)35-38(36-25)20-13-24-26(39)34-31(28(41)42)15-19(31)11-9-7-6-8-10-12-22(27(40)37(24)16-20)33-29(43)44-30(3,4)5/h9,11,14,19-20,22,24H,6-8,10,12-13,15-16H2,1-5H3,(H,33,43)(H,34,39)(H,41,42)/b11-9-/t19-,20+,22-,24+,31+/m1/s1. The molecule has 3 aliphatic rings. The minimum Gasteiger partial charge on any atom is -0.479 e. The zero-order chi connectivity index (χ0) is 32.0. The lowest BCUT2D eigenvalue weighted by Crippen LogP contribution is -2.56. The van der Waals surface area contributed by atoms with Crippen LogP contribution in [0.5, 0.6) is 0 Å². The van der Waals surface area contributed by atoms with Crippen LogP contribution in [0.4, 0.5) is 4.79 Å². The average Bonchev–Trinajstić information content (AvgIpc) is 3.25. The molecule has 2 aromatic rings. The van der Waals surface area contributed by atoms with Gasteiger partial charge in [0.1, 0.15) is 34.3 Å². The van der Waals surface area contributed by atoms with Gasteiger partial charge in [-0.15, -0.1) is 0 Å². The molecule has 2 fully saturated rings. The normalized spacial score (nSPS) is 28.7. The number of nitrogens with one attached hydrogen (secondary N) is 2. The lowest BCUT2D eigenvalue weighted by atomic mass is 10.0. The number of hydrogen-bond acceptors (Lipinski definition) is 7. The number of allylic oxidation sites excluding steroid dienone is 1. The molecular weight excluding hydrogens is 632 g/mol. The molecule has 12 nitrogen and oxygen atoms in total. The Kier molecular flexibility index (Phi) is 8.80. The van der Waals surface area contributed by atoms with Crippen molar-refractivity contribution < 1.29 is 29.0 Å². The Morgan fingerprint density at radius 3 is 2.61 bits per heavy atom. The predicted octanol–water partition coefficient (Wildman–Crippen LogP) is 4.33. The quantitative estimate of drug-likeness (QED) is 0.407. The van der Waals surface area contributed by atoms with Crippen LogP contribution in [-0.2, 0) is 19.1 Å². The highest BCUT2D eigenvalue weighted by Crippen LogP contribution is 2.45. The van der Waals surface area contributed by atoms with Gasteiger partial charge in [0.15, 0.2) is 0 Å². The van der Waals surface area contributed by atoms with E-state index in [2.05, 4.69) is 26.6 Å². The predicted molar refractivity (Wildman–Crippen MR) is 166 cm³/mol. The third kappa shape index (κ3) is 6.47. The number of aryl methyl sites for hydroxylation is 1. The third-order valence-corrected chi connectivity index (χ3v) is 9.67. The van der Waals surface area contributed by atoms with Crippen molar-refractivity contribution in [1.29, 1.82) is 0 Å². The summed E-state index contributed by atoms with van der Waals surface area (Å²) in [6.07, 6.45) is 7.09. The molecule has 2 aliphatic heterocycles. The SMILES string of the molecule is Cc1c(Br)cc2nn([C@H]3C[C@H]4C(=O)N[C@@]5(C(=O)O)C[C@H]5/C=C\CCCCC[C@@H](NC(=O)OC(C)(C)C)C(=O)N4C3)nc2c1C. The minimum atomic E-state index is -1.41. The van der Waals surface area contributed by atoms with Crippen molar-refractivity contribution in [1.82, 2.24) is 30.5 Å². The molecule has 3 heterocycles. The molecular formula is C31H41BrN6O6. The number of rotatable bonds is 3. The van der Waals surface area contributed by atoms with Crippen molar-refractivity contribution in [3.8, 4) is 0 Å². The zero-order valence-electron chi connectivity index (χ0n) is 25.9. The topological polar surface area (TPSA) is 156 Å². The summed E-state index contributed by atoms with van der Waals surface area (Å²) < 4.78 is 6.37. The number of carboxylic acid groups (broad SMARTS) is 1. The van der Waals surface area contributed by atoms with Crippen LogP contribution < -0.4 is 10.6 Å². The molecule has 13 heteroatoms. The highest BCUT2D eigenvalue weighted by Gasteiger charge is 2.61. The van der Waals surface area contributed by atoms with E-state index in [1.807, 2.05) is 32.1 Å². The van der Waals surface area contributed by atoms with Crippen molar-refractivity contribution >= 4 is 50.8 Å². The fourth-order valence-corrected chi connectivity index (χ4v) is 6.66. The number of alkyl carbamates (subject to hydrolysis) is 1. The van der Waals surface area contributed by atoms with Crippen molar-refractivity contribution in [2.24, 2.45) is 5.92 Å². The van der Waals surface area contributed by atoms with Gasteiger partial charge in [-0.25, -0.2) is 9.59 Å². The summed E-state index contributed by atoms with van der Waals surface area (Å²) in [5.41, 5.74) is 1.26. The fraction of sp³-hybridized carbons (Fsp3) is 0.613. The Labute approximate surface area is 265 Å². The Morgan fingerprint density at radius 2 is 1.91 bits per heavy atom. The van der Waals surface area contributed by atoms with Gasteiger partial charge in [-0.05, 0) is 77.5 Å². The molecule has 1 aromatic carbocycles. The number of nitrogens with zero attached hydrogens (tertiary/aromatic N) is 4. The van der Waals surface area contributed by atoms with Crippen LogP contribution in [0.1, 0.15) is 82.9 Å². The van der Waals surface area contributed by atoms with E-state index in [1.165, 1.54) is 4.90 Å². The van der Waals surface area contributed by atoms with Crippen molar-refractivity contribution in [3.05, 3.63) is 33.8 Å². The lowest BCUT2D eigenvalue weighted by Gasteiger charge is -2.30. The third-order valence-electron chi connectivity index (χ3n) is 8.85. The molecule has 3 amide bonds. The number of aliphatic carboxylic acids is 1. The smallest absolute Gasteiger partial charge is 0.408 e. The molecule has 0 unspecified atom stereocenters. The number of halogens is 1. The van der Waals surface area contributed by atoms with E-state index in [4.69, 9.17) is 14.9 Å². The second-order valence-corrected chi connectivity index (χ2v) is 14.1. The van der Waals surface area contributed by atoms with Crippen molar-refractivity contribution in [2.45, 2.75) is 109 Å². The molecule has 0 radical (unpaired) electrons. The maximum Gasteiger partial charge on any atom is 0.408 e. The van der Waals surface area contributed by atoms with E-state index in [1.54, 1.807) is 25.6 Å². The maximum atomic E-state index is 14.2. The number of hydrogen-bond donors (Lipinski definition) is 3. The number of amides is 3. The molecule has 5 atom stereocenters. The van der Waals surface area contributed by atoms with Crippen LogP contribution in [0.3, 0.4) is 0 Å². The molecule has 0 bridgehead atoms. The lowest BCUT2D eigenvalue weighted by molar-refractivity contribution is -0.145. The highest BCUT2D eigenvalue weighted by atomic mass is 79.9. The van der Waals surface area contributed by atoms with Gasteiger partial charge < -0.3 is 25.4 Å². The van der Waals surface area contributed by atoms with E-state index < -0.39 is 53.1 Å². The van der Waals surface area contributed by atoms with E-state index >= 15 is 0 Å². The number of ether oxygens (including phenoxy) is 1. The van der Waals surface area contributed by atoms with E-state index in [0.717, 1.165) is 40.4 Å². The number of carbonyl (C=O) groups is 4. The first-order valence-corrected chi connectivity index (χ1v) is 16.0. The average molecular weight is 674 g/mol. The van der Waals surface area contributed by atoms with Crippen LogP contribution >= 0.6 is 15.9 Å². The Balaban J connectivity index is 1.49. The van der Waals surface area contributed by atoms with Gasteiger partial charge in [0, 0.05) is 23.4 Å². The van der Waals surface area contributed by atoms with E-state index in [-0.39, 0.29) is 25.3 Å². The molecule has 1 saturated heterocycles. The van der Waals surface area contributed by atoms with Gasteiger partial charge in [-0.3, -0.25) is 9.59 Å². The van der Waals surface area contributed by atoms with Crippen LogP contribution in [0.25, 0.3) is 11.0 Å². The number of carboxylic acids is 1. The number of carbonyl (C=O) groups excluding carboxylic acids is 3. The fourth-order valence-electron chi connectivity index (χ4n) is 6.14. The molecule has 44 heavy (non-hydrogen) atoms. The molecule has 238 valence electrons. The first-order valence-electron chi connectivity index (χ1n) is 15.2. The van der Waals surface area contributed by atoms with Gasteiger partial charge in [-0.1, -0.05) is 40.9 Å². The van der Waals surface area contributed by atoms with Crippen LogP contribution in [-0.4, -0.2) is 78.6 Å². The van der Waals surface area contributed by atoms with Crippen molar-refractivity contribution in [3.63, 3.8) is 0 Å². The van der Waals surface area contributed by atoms with E-state index in [9.17, 15) is 24.3 Å². The van der Waals surface area contributed by atoms with Crippen LogP contribution in [0.2, 0.25) is 0 Å². The summed E-state index contributed by atoms with van der Waals surface area (Å²) in [7, 11) is 0. The van der Waals surface area contributed by atoms with Gasteiger partial charge in [0.05, 0.1) is 6.04 Å². The molecule has 1 saturated carbocycles. The molecule has 3 N–H and O–H groups in total. The van der Waals surface area contributed by atoms with Gasteiger partial charge in [0.2, 0.25) is 11.8 Å². The number of aromatic nitrogens is 3. The molecule has 5 rings (SSSR count). The Morgan fingerprint density at radius 1 is 1.16 bits per heavy atom. The van der Waals surface area contributed by atoms with Crippen molar-refractivity contribution in [2.75, 3.05) is 6.54 Å². The molecule has 0 spiro atoms. The first-order chi connectivity index (χ1) is 20.7. The van der Waals surface area contributed by atoms with Gasteiger partial charge in [0.25, 0.3) is 0 Å². The summed E-state index contributed by atoms with van der Waals surface area (Å²) >= 11 is 3.58. The highest BCUT2D eigenvalue weighted by molar-refractivity contribution is 9.10. The van der Waals surface area contributed by atoms with Gasteiger partial charge >= 0.3 is 12.1 Å². The number of fused-ring (bicyclic) bond motifs is 3. The van der Waals surface area contributed by atoms with Gasteiger partial charge in [-0.2, -0.15) is 15.0 Å². The largest absolute Gasteiger partial charge is 0.479 e. The minimum absolute atomic E-state index is 0.118. The summed E-state index contributed by atoms with van der Waals surface area (Å²) in [6.45, 7) is 9.31. The first kappa shape index (κ1) is 31.9. The summed E-state index contributed by atoms with van der Waals surface area (Å²) in [5.74, 6) is -2.39. The second kappa shape index (κ2) is 12.1. The second-order valence-electron chi connectivity index (χ2n) is 13.2. The maximum absolute atomic E-state index is 14.2. The molecule has 1 aromatic heterocycles. The van der Waals surface area contributed by atoms with Crippen LogP contribution in [0, 0.1) is 19.8 Å². The Bertz CT molecular complexity index is 1520. The van der Waals surface area contributed by atoms with Crippen LogP contribution in [0.15, 0.2) is 22.7 Å². The summed E-state index contributed by atoms with van der Waals surface area (Å²) in [4.78, 5) is 56.2. The summed E-state index contributed by atoms with van der Waals surface area (Å²) in [6, 6.07) is -0.457. The number of benzene rings is 1. The monoisotopic (exact) mass is 672 g/mol.